The molecule has 2 aliphatic rings. The van der Waals surface area contributed by atoms with E-state index in [1.807, 2.05) is 43.3 Å². The van der Waals surface area contributed by atoms with Gasteiger partial charge in [-0.15, -0.1) is 0 Å². The number of amides is 4. The van der Waals surface area contributed by atoms with Gasteiger partial charge in [0.15, 0.2) is 0 Å². The van der Waals surface area contributed by atoms with Gasteiger partial charge in [0.05, 0.1) is 19.1 Å². The monoisotopic (exact) mass is 486 g/mol. The molecule has 1 aromatic heterocycles. The van der Waals surface area contributed by atoms with Crippen molar-refractivity contribution < 1.29 is 23.5 Å². The lowest BCUT2D eigenvalue weighted by atomic mass is 10.0. The summed E-state index contributed by atoms with van der Waals surface area (Å²) in [5, 5.41) is 5.90. The molecule has 5 rings (SSSR count). The Morgan fingerprint density at radius 3 is 2.44 bits per heavy atom. The minimum Gasteiger partial charge on any atom is -0.497 e. The second-order valence-electron chi connectivity index (χ2n) is 8.84. The van der Waals surface area contributed by atoms with Crippen molar-refractivity contribution in [2.75, 3.05) is 18.6 Å². The van der Waals surface area contributed by atoms with E-state index in [0.29, 0.717) is 29.3 Å². The Labute approximate surface area is 208 Å². The van der Waals surface area contributed by atoms with Crippen molar-refractivity contribution >= 4 is 29.2 Å². The number of hydrogen-bond donors (Lipinski definition) is 0. The highest BCUT2D eigenvalue weighted by Gasteiger charge is 2.45. The van der Waals surface area contributed by atoms with Crippen molar-refractivity contribution in [3.05, 3.63) is 83.8 Å². The first-order valence-corrected chi connectivity index (χ1v) is 11.7. The SMILES string of the molecule is COc1ccc(C2=NN(C(=O)CN3C(=O)C(C)N(c4ccc(C)cc4)C3=O)C(c3ccco3)C2)cc1. The number of carbonyl (C=O) groups is 3. The maximum atomic E-state index is 13.5. The Balaban J connectivity index is 1.40. The molecular formula is C27H26N4O5. The van der Waals surface area contributed by atoms with Gasteiger partial charge in [-0.25, -0.2) is 9.80 Å². The van der Waals surface area contributed by atoms with Crippen LogP contribution in [-0.4, -0.2) is 53.2 Å². The lowest BCUT2D eigenvalue weighted by molar-refractivity contribution is -0.138. The summed E-state index contributed by atoms with van der Waals surface area (Å²) in [5.74, 6) is 0.386. The average molecular weight is 487 g/mol. The number of rotatable bonds is 6. The van der Waals surface area contributed by atoms with E-state index < -0.39 is 36.5 Å². The van der Waals surface area contributed by atoms with Crippen molar-refractivity contribution in [2.24, 2.45) is 5.10 Å². The summed E-state index contributed by atoms with van der Waals surface area (Å²) in [5.41, 5.74) is 3.19. The molecule has 0 bridgehead atoms. The summed E-state index contributed by atoms with van der Waals surface area (Å²) < 4.78 is 10.8. The zero-order valence-corrected chi connectivity index (χ0v) is 20.2. The van der Waals surface area contributed by atoms with Crippen LogP contribution in [0.5, 0.6) is 5.75 Å². The Bertz CT molecular complexity index is 1320. The number of urea groups is 1. The van der Waals surface area contributed by atoms with Gasteiger partial charge in [-0.3, -0.25) is 19.4 Å². The number of hydrazone groups is 1. The standard InChI is InChI=1S/C27H26N4O5/c1-17-6-10-20(11-7-17)30-18(2)26(33)29(27(30)34)16-25(32)31-23(24-5-4-14-36-24)15-22(28-31)19-8-12-21(35-3)13-9-19/h4-14,18,23H,15-16H2,1-3H3. The van der Waals surface area contributed by atoms with Crippen LogP contribution in [0.15, 0.2) is 76.4 Å². The largest absolute Gasteiger partial charge is 0.497 e. The summed E-state index contributed by atoms with van der Waals surface area (Å²) in [6.45, 7) is 3.19. The van der Waals surface area contributed by atoms with Crippen molar-refractivity contribution in [1.29, 1.82) is 0 Å². The van der Waals surface area contributed by atoms with Crippen molar-refractivity contribution in [3.8, 4) is 5.75 Å². The number of aryl methyl sites for hydroxylation is 1. The molecule has 0 N–H and O–H groups in total. The molecule has 2 aliphatic heterocycles. The third-order valence-electron chi connectivity index (χ3n) is 6.51. The van der Waals surface area contributed by atoms with E-state index in [1.54, 1.807) is 38.3 Å². The third kappa shape index (κ3) is 4.13. The normalized spacial score (nSPS) is 19.8. The highest BCUT2D eigenvalue weighted by atomic mass is 16.5. The van der Waals surface area contributed by atoms with Crippen LogP contribution in [-0.2, 0) is 9.59 Å². The van der Waals surface area contributed by atoms with Gasteiger partial charge in [-0.2, -0.15) is 5.10 Å². The summed E-state index contributed by atoms with van der Waals surface area (Å²) in [4.78, 5) is 42.1. The number of nitrogens with zero attached hydrogens (tertiary/aromatic N) is 4. The van der Waals surface area contributed by atoms with Crippen LogP contribution >= 0.6 is 0 Å². The highest BCUT2D eigenvalue weighted by Crippen LogP contribution is 2.34. The quantitative estimate of drug-likeness (QED) is 0.488. The topological polar surface area (TPSA) is 95.7 Å². The molecule has 4 amide bonds. The van der Waals surface area contributed by atoms with Gasteiger partial charge in [0.1, 0.15) is 30.1 Å². The summed E-state index contributed by atoms with van der Waals surface area (Å²) in [7, 11) is 1.59. The summed E-state index contributed by atoms with van der Waals surface area (Å²) in [6.07, 6.45) is 1.97. The second kappa shape index (κ2) is 9.33. The fourth-order valence-electron chi connectivity index (χ4n) is 4.52. The van der Waals surface area contributed by atoms with Gasteiger partial charge in [-0.05, 0) is 67.9 Å². The van der Waals surface area contributed by atoms with Crippen LogP contribution in [0.1, 0.15) is 36.3 Å². The van der Waals surface area contributed by atoms with E-state index in [-0.39, 0.29) is 0 Å². The maximum absolute atomic E-state index is 13.5. The fraction of sp³-hybridized carbons (Fsp3) is 0.259. The molecule has 1 fully saturated rings. The minimum atomic E-state index is -0.717. The molecule has 9 heteroatoms. The molecule has 2 unspecified atom stereocenters. The number of benzene rings is 2. The van der Waals surface area contributed by atoms with Crippen LogP contribution in [0.2, 0.25) is 0 Å². The molecule has 1 saturated heterocycles. The summed E-state index contributed by atoms with van der Waals surface area (Å²) in [6, 6.07) is 16.5. The molecule has 184 valence electrons. The number of methoxy groups -OCH3 is 1. The van der Waals surface area contributed by atoms with Crippen LogP contribution in [0.3, 0.4) is 0 Å². The van der Waals surface area contributed by atoms with Gasteiger partial charge in [-0.1, -0.05) is 17.7 Å². The molecule has 3 heterocycles. The smallest absolute Gasteiger partial charge is 0.332 e. The molecule has 0 spiro atoms. The van der Waals surface area contributed by atoms with E-state index >= 15 is 0 Å². The first-order chi connectivity index (χ1) is 17.4. The zero-order chi connectivity index (χ0) is 25.4. The van der Waals surface area contributed by atoms with Crippen molar-refractivity contribution in [3.63, 3.8) is 0 Å². The molecule has 0 radical (unpaired) electrons. The van der Waals surface area contributed by atoms with Gasteiger partial charge >= 0.3 is 6.03 Å². The fourth-order valence-corrected chi connectivity index (χ4v) is 4.52. The molecule has 2 aromatic carbocycles. The van der Waals surface area contributed by atoms with Gasteiger partial charge in [0.25, 0.3) is 11.8 Å². The second-order valence-corrected chi connectivity index (χ2v) is 8.84. The predicted molar refractivity (Wildman–Crippen MR) is 133 cm³/mol. The van der Waals surface area contributed by atoms with Crippen molar-refractivity contribution in [2.45, 2.75) is 32.4 Å². The molecule has 0 aliphatic carbocycles. The van der Waals surface area contributed by atoms with Crippen LogP contribution < -0.4 is 9.64 Å². The Kier molecular flexibility index (Phi) is 6.05. The average Bonchev–Trinajstić information content (AvgIpc) is 3.62. The number of anilines is 1. The van der Waals surface area contributed by atoms with E-state index in [4.69, 9.17) is 9.15 Å². The third-order valence-corrected chi connectivity index (χ3v) is 6.51. The van der Waals surface area contributed by atoms with E-state index in [1.165, 1.54) is 16.2 Å². The van der Waals surface area contributed by atoms with Crippen LogP contribution in [0, 0.1) is 6.92 Å². The molecular weight excluding hydrogens is 460 g/mol. The van der Waals surface area contributed by atoms with Gasteiger partial charge in [0, 0.05) is 12.1 Å². The zero-order valence-electron chi connectivity index (χ0n) is 20.2. The Hall–Kier alpha value is -4.40. The number of ether oxygens (including phenoxy) is 1. The Morgan fingerprint density at radius 1 is 1.08 bits per heavy atom. The van der Waals surface area contributed by atoms with Crippen molar-refractivity contribution in [1.82, 2.24) is 9.91 Å². The number of carbonyl (C=O) groups excluding carboxylic acids is 3. The molecule has 2 atom stereocenters. The molecule has 3 aromatic rings. The van der Waals surface area contributed by atoms with Crippen LogP contribution in [0.4, 0.5) is 10.5 Å². The van der Waals surface area contributed by atoms with E-state index in [0.717, 1.165) is 16.0 Å². The Morgan fingerprint density at radius 2 is 1.81 bits per heavy atom. The lowest BCUT2D eigenvalue weighted by Crippen LogP contribution is -2.42. The van der Waals surface area contributed by atoms with Gasteiger partial charge in [0.2, 0.25) is 0 Å². The maximum Gasteiger partial charge on any atom is 0.332 e. The van der Waals surface area contributed by atoms with Gasteiger partial charge < -0.3 is 9.15 Å². The number of hydrogen-bond acceptors (Lipinski definition) is 6. The van der Waals surface area contributed by atoms with Crippen LogP contribution in [0.25, 0.3) is 0 Å². The van der Waals surface area contributed by atoms with E-state index in [2.05, 4.69) is 5.10 Å². The number of imide groups is 1. The highest BCUT2D eigenvalue weighted by molar-refractivity contribution is 6.15. The van der Waals surface area contributed by atoms with E-state index in [9.17, 15) is 14.4 Å². The lowest BCUT2D eigenvalue weighted by Gasteiger charge is -2.22. The molecule has 0 saturated carbocycles. The first kappa shape index (κ1) is 23.3. The summed E-state index contributed by atoms with van der Waals surface area (Å²) >= 11 is 0. The molecule has 9 nitrogen and oxygen atoms in total. The number of furan rings is 1. The molecule has 36 heavy (non-hydrogen) atoms. The predicted octanol–water partition coefficient (Wildman–Crippen LogP) is 4.13. The minimum absolute atomic E-state index is 0.416. The first-order valence-electron chi connectivity index (χ1n) is 11.7.